The minimum absolute atomic E-state index is 0.0251. The third kappa shape index (κ3) is 12.8. The number of carbonyl (C=O) groups excluding carboxylic acids is 6. The number of carbonyl (C=O) groups is 6. The molecular weight excluding hydrogens is 620 g/mol. The van der Waals surface area contributed by atoms with Gasteiger partial charge in [-0.25, -0.2) is 9.59 Å². The molecule has 0 spiro atoms. The molecule has 2 atom stereocenters. The molecule has 12 heteroatoms. The second kappa shape index (κ2) is 18.6. The minimum Gasteiger partial charge on any atom is -0.449 e. The van der Waals surface area contributed by atoms with Crippen LogP contribution in [0.15, 0.2) is 36.4 Å². The molecule has 2 aromatic carbocycles. The summed E-state index contributed by atoms with van der Waals surface area (Å²) >= 11 is 0. The Balaban J connectivity index is 1.86. The molecule has 0 radical (unpaired) electrons. The number of hydrogen-bond donors (Lipinski definition) is 2. The summed E-state index contributed by atoms with van der Waals surface area (Å²) in [5, 5.41) is 5.24. The first kappa shape index (κ1) is 39.4. The lowest BCUT2D eigenvalue weighted by molar-refractivity contribution is -0.166. The van der Waals surface area contributed by atoms with Crippen molar-refractivity contribution < 1.29 is 47.7 Å². The SMILES string of the molecule is CCC(COC(=O)Nc1ccc(C)c(CC(=O)OC(=O)C(C)CC)c1)COC(=O)Nc1ccc(C)c(CC(=O)OC(=O)C(C)(C)CC)c1. The van der Waals surface area contributed by atoms with E-state index < -0.39 is 41.5 Å². The van der Waals surface area contributed by atoms with Crippen molar-refractivity contribution in [3.05, 3.63) is 58.7 Å². The van der Waals surface area contributed by atoms with E-state index in [9.17, 15) is 28.8 Å². The van der Waals surface area contributed by atoms with Gasteiger partial charge in [0.25, 0.3) is 0 Å². The highest BCUT2D eigenvalue weighted by Crippen LogP contribution is 2.23. The van der Waals surface area contributed by atoms with Crippen LogP contribution in [-0.4, -0.2) is 49.3 Å². The van der Waals surface area contributed by atoms with Crippen LogP contribution in [0.25, 0.3) is 0 Å². The van der Waals surface area contributed by atoms with Crippen molar-refractivity contribution in [2.45, 2.75) is 87.5 Å². The van der Waals surface area contributed by atoms with Crippen LogP contribution in [0, 0.1) is 31.1 Å². The van der Waals surface area contributed by atoms with Gasteiger partial charge in [-0.15, -0.1) is 0 Å². The molecule has 0 bridgehead atoms. The maximum atomic E-state index is 12.5. The zero-order valence-corrected chi connectivity index (χ0v) is 29.2. The van der Waals surface area contributed by atoms with E-state index in [2.05, 4.69) is 10.6 Å². The molecule has 262 valence electrons. The van der Waals surface area contributed by atoms with E-state index in [1.165, 1.54) is 0 Å². The fourth-order valence-corrected chi connectivity index (χ4v) is 4.01. The molecule has 2 rings (SSSR count). The van der Waals surface area contributed by atoms with E-state index in [4.69, 9.17) is 18.9 Å². The molecule has 0 aliphatic heterocycles. The second-order valence-corrected chi connectivity index (χ2v) is 12.5. The van der Waals surface area contributed by atoms with Crippen LogP contribution < -0.4 is 10.6 Å². The van der Waals surface area contributed by atoms with Crippen LogP contribution >= 0.6 is 0 Å². The average molecular weight is 669 g/mol. The smallest absolute Gasteiger partial charge is 0.411 e. The number of nitrogens with one attached hydrogen (secondary N) is 2. The van der Waals surface area contributed by atoms with Gasteiger partial charge in [-0.1, -0.05) is 39.8 Å². The molecule has 2 N–H and O–H groups in total. The lowest BCUT2D eigenvalue weighted by Crippen LogP contribution is -2.28. The van der Waals surface area contributed by atoms with Crippen LogP contribution in [0.4, 0.5) is 21.0 Å². The minimum atomic E-state index is -0.774. The Morgan fingerprint density at radius 3 is 1.58 bits per heavy atom. The van der Waals surface area contributed by atoms with Gasteiger partial charge in [-0.3, -0.25) is 29.8 Å². The van der Waals surface area contributed by atoms with Gasteiger partial charge in [0, 0.05) is 17.3 Å². The largest absolute Gasteiger partial charge is 0.449 e. The molecule has 2 amide bonds. The van der Waals surface area contributed by atoms with Crippen molar-refractivity contribution in [2.75, 3.05) is 23.8 Å². The zero-order chi connectivity index (χ0) is 36.0. The van der Waals surface area contributed by atoms with Crippen LogP contribution in [0.3, 0.4) is 0 Å². The van der Waals surface area contributed by atoms with Gasteiger partial charge in [-0.2, -0.15) is 0 Å². The fourth-order valence-electron chi connectivity index (χ4n) is 4.01. The highest BCUT2D eigenvalue weighted by atomic mass is 16.6. The quantitative estimate of drug-likeness (QED) is 0.117. The van der Waals surface area contributed by atoms with Gasteiger partial charge in [0.15, 0.2) is 0 Å². The second-order valence-electron chi connectivity index (χ2n) is 12.5. The summed E-state index contributed by atoms with van der Waals surface area (Å²) < 4.78 is 20.6. The standard InChI is InChI=1S/C36H48N2O10/c1-9-22(4)32(41)47-30(39)18-26-16-28(14-12-23(26)5)37-34(43)45-20-25(10-2)21-46-35(44)38-29-15-13-24(6)27(17-29)19-31(40)48-33(42)36(7,8)11-3/h12-17,22,25H,9-11,18-21H2,1-8H3,(H,37,43)(H,38,44). The Morgan fingerprint density at radius 1 is 0.708 bits per heavy atom. The number of rotatable bonds is 15. The Morgan fingerprint density at radius 2 is 1.17 bits per heavy atom. The molecule has 0 saturated heterocycles. The number of hydrogen-bond acceptors (Lipinski definition) is 10. The predicted molar refractivity (Wildman–Crippen MR) is 179 cm³/mol. The summed E-state index contributed by atoms with van der Waals surface area (Å²) in [7, 11) is 0. The van der Waals surface area contributed by atoms with Gasteiger partial charge in [0.05, 0.1) is 37.4 Å². The first-order valence-corrected chi connectivity index (χ1v) is 16.1. The van der Waals surface area contributed by atoms with Crippen LogP contribution in [0.2, 0.25) is 0 Å². The molecule has 2 aromatic rings. The zero-order valence-electron chi connectivity index (χ0n) is 29.2. The average Bonchev–Trinajstić information content (AvgIpc) is 3.03. The van der Waals surface area contributed by atoms with Crippen molar-refractivity contribution in [3.63, 3.8) is 0 Å². The normalized spacial score (nSPS) is 12.2. The van der Waals surface area contributed by atoms with Gasteiger partial charge in [0.1, 0.15) is 0 Å². The van der Waals surface area contributed by atoms with Gasteiger partial charge >= 0.3 is 36.1 Å². The molecule has 12 nitrogen and oxygen atoms in total. The molecule has 0 aliphatic carbocycles. The summed E-state index contributed by atoms with van der Waals surface area (Å²) in [4.78, 5) is 73.9. The Kier molecular flexibility index (Phi) is 15.2. The molecule has 0 saturated carbocycles. The third-order valence-electron chi connectivity index (χ3n) is 8.21. The highest BCUT2D eigenvalue weighted by molar-refractivity contribution is 5.90. The summed E-state index contributed by atoms with van der Waals surface area (Å²) in [5.41, 5.74) is 2.76. The number of anilines is 2. The number of amides is 2. The maximum Gasteiger partial charge on any atom is 0.411 e. The van der Waals surface area contributed by atoms with Crippen LogP contribution in [-0.2, 0) is 51.0 Å². The molecule has 0 heterocycles. The van der Waals surface area contributed by atoms with Gasteiger partial charge in [-0.05, 0) is 93.5 Å². The molecule has 48 heavy (non-hydrogen) atoms. The lowest BCUT2D eigenvalue weighted by Gasteiger charge is -2.19. The molecule has 2 unspecified atom stereocenters. The third-order valence-corrected chi connectivity index (χ3v) is 8.21. The first-order chi connectivity index (χ1) is 22.6. The Hall–Kier alpha value is -4.74. The van der Waals surface area contributed by atoms with Crippen LogP contribution in [0.5, 0.6) is 0 Å². The Bertz CT molecular complexity index is 1480. The van der Waals surface area contributed by atoms with Crippen LogP contribution in [0.1, 0.15) is 83.1 Å². The van der Waals surface area contributed by atoms with Crippen molar-refractivity contribution >= 4 is 47.4 Å². The maximum absolute atomic E-state index is 12.5. The molecule has 0 aliphatic rings. The molecule has 0 fully saturated rings. The van der Waals surface area contributed by atoms with E-state index in [1.807, 2.05) is 20.8 Å². The summed E-state index contributed by atoms with van der Waals surface area (Å²) in [6, 6.07) is 10.0. The van der Waals surface area contributed by atoms with E-state index in [0.717, 1.165) is 11.1 Å². The van der Waals surface area contributed by atoms with Gasteiger partial charge < -0.3 is 18.9 Å². The monoisotopic (exact) mass is 668 g/mol. The summed E-state index contributed by atoms with van der Waals surface area (Å²) in [6.45, 7) is 14.2. The number of aryl methyl sites for hydroxylation is 2. The lowest BCUT2D eigenvalue weighted by atomic mass is 9.91. The van der Waals surface area contributed by atoms with Crippen molar-refractivity contribution in [1.29, 1.82) is 0 Å². The van der Waals surface area contributed by atoms with Gasteiger partial charge in [0.2, 0.25) is 0 Å². The molecular formula is C36H48N2O10. The van der Waals surface area contributed by atoms with E-state index in [0.29, 0.717) is 41.8 Å². The van der Waals surface area contributed by atoms with E-state index >= 15 is 0 Å². The van der Waals surface area contributed by atoms with E-state index in [-0.39, 0.29) is 37.9 Å². The summed E-state index contributed by atoms with van der Waals surface area (Å²) in [5.74, 6) is -3.20. The Labute approximate surface area is 282 Å². The topological polar surface area (TPSA) is 163 Å². The number of esters is 4. The number of ether oxygens (including phenoxy) is 4. The number of benzene rings is 2. The van der Waals surface area contributed by atoms with Crippen molar-refractivity contribution in [1.82, 2.24) is 0 Å². The van der Waals surface area contributed by atoms with Crippen molar-refractivity contribution in [2.24, 2.45) is 17.3 Å². The highest BCUT2D eigenvalue weighted by Gasteiger charge is 2.29. The van der Waals surface area contributed by atoms with Crippen molar-refractivity contribution in [3.8, 4) is 0 Å². The fraction of sp³-hybridized carbons (Fsp3) is 0.500. The summed E-state index contributed by atoms with van der Waals surface area (Å²) in [6.07, 6.45) is -0.1000. The van der Waals surface area contributed by atoms with E-state index in [1.54, 1.807) is 71.0 Å². The predicted octanol–water partition coefficient (Wildman–Crippen LogP) is 6.83. The molecule has 0 aromatic heterocycles. The first-order valence-electron chi connectivity index (χ1n) is 16.1.